The highest BCUT2D eigenvalue weighted by Crippen LogP contribution is 2.23. The number of hydrogen-bond acceptors (Lipinski definition) is 4. The van der Waals surface area contributed by atoms with Gasteiger partial charge < -0.3 is 10.4 Å². The Morgan fingerprint density at radius 1 is 1.23 bits per heavy atom. The number of allylic oxidation sites excluding steroid dienone is 1. The summed E-state index contributed by atoms with van der Waals surface area (Å²) in [6.07, 6.45) is 3.43. The molecule has 2 aromatic carbocycles. The summed E-state index contributed by atoms with van der Waals surface area (Å²) in [4.78, 5) is 23.8. The van der Waals surface area contributed by atoms with E-state index in [0.29, 0.717) is 33.8 Å². The van der Waals surface area contributed by atoms with Gasteiger partial charge in [0.25, 0.3) is 0 Å². The molecule has 0 bridgehead atoms. The molecule has 0 aliphatic carbocycles. The first-order valence-corrected chi connectivity index (χ1v) is 8.13. The van der Waals surface area contributed by atoms with E-state index < -0.39 is 11.8 Å². The molecule has 2 rings (SSSR count). The zero-order chi connectivity index (χ0) is 19.1. The Bertz CT molecular complexity index is 878. The van der Waals surface area contributed by atoms with Gasteiger partial charge in [0.2, 0.25) is 0 Å². The second kappa shape index (κ2) is 8.82. The summed E-state index contributed by atoms with van der Waals surface area (Å²) in [6.45, 7) is 5.35. The van der Waals surface area contributed by atoms with E-state index in [2.05, 4.69) is 22.4 Å². The quantitative estimate of drug-likeness (QED) is 0.326. The summed E-state index contributed by atoms with van der Waals surface area (Å²) >= 11 is 5.97. The van der Waals surface area contributed by atoms with Crippen molar-refractivity contribution in [3.05, 3.63) is 70.8 Å². The van der Waals surface area contributed by atoms with Crippen LogP contribution in [-0.4, -0.2) is 23.1 Å². The van der Waals surface area contributed by atoms with E-state index in [9.17, 15) is 14.7 Å². The maximum Gasteiger partial charge on any atom is 0.329 e. The molecule has 26 heavy (non-hydrogen) atoms. The van der Waals surface area contributed by atoms with Gasteiger partial charge >= 0.3 is 11.8 Å². The second-order valence-corrected chi connectivity index (χ2v) is 5.82. The lowest BCUT2D eigenvalue weighted by atomic mass is 10.1. The Morgan fingerprint density at radius 2 is 1.96 bits per heavy atom. The van der Waals surface area contributed by atoms with Crippen LogP contribution in [0.15, 0.2) is 54.2 Å². The van der Waals surface area contributed by atoms with Gasteiger partial charge in [-0.2, -0.15) is 5.10 Å². The van der Waals surface area contributed by atoms with E-state index >= 15 is 0 Å². The van der Waals surface area contributed by atoms with Crippen molar-refractivity contribution in [1.82, 2.24) is 5.43 Å². The van der Waals surface area contributed by atoms with Gasteiger partial charge in [-0.05, 0) is 42.7 Å². The number of carbonyl (C=O) groups excluding carboxylic acids is 2. The molecule has 0 heterocycles. The van der Waals surface area contributed by atoms with Crippen LogP contribution in [0.25, 0.3) is 0 Å². The number of para-hydroxylation sites is 1. The first-order chi connectivity index (χ1) is 12.4. The van der Waals surface area contributed by atoms with Crippen molar-refractivity contribution < 1.29 is 14.7 Å². The van der Waals surface area contributed by atoms with E-state index in [1.165, 1.54) is 6.21 Å². The maximum atomic E-state index is 11.9. The van der Waals surface area contributed by atoms with Crippen molar-refractivity contribution >= 4 is 35.3 Å². The van der Waals surface area contributed by atoms with Gasteiger partial charge in [-0.15, -0.1) is 6.58 Å². The lowest BCUT2D eigenvalue weighted by Gasteiger charge is -2.08. The molecule has 0 aromatic heterocycles. The van der Waals surface area contributed by atoms with Crippen LogP contribution in [-0.2, 0) is 16.0 Å². The lowest BCUT2D eigenvalue weighted by Crippen LogP contribution is -2.32. The topological polar surface area (TPSA) is 90.8 Å². The summed E-state index contributed by atoms with van der Waals surface area (Å²) in [7, 11) is 0. The molecule has 2 aromatic rings. The Labute approximate surface area is 156 Å². The molecule has 0 saturated carbocycles. The number of nitrogens with zero attached hydrogens (tertiary/aromatic N) is 1. The highest BCUT2D eigenvalue weighted by atomic mass is 35.5. The average Bonchev–Trinajstić information content (AvgIpc) is 2.62. The largest absolute Gasteiger partial charge is 0.507 e. The molecule has 0 radical (unpaired) electrons. The van der Waals surface area contributed by atoms with Gasteiger partial charge in [-0.3, -0.25) is 9.59 Å². The van der Waals surface area contributed by atoms with E-state index in [-0.39, 0.29) is 5.75 Å². The van der Waals surface area contributed by atoms with Gasteiger partial charge in [0.15, 0.2) is 0 Å². The molecule has 0 aliphatic heterocycles. The number of nitrogens with one attached hydrogen (secondary N) is 2. The van der Waals surface area contributed by atoms with Crippen molar-refractivity contribution in [3.8, 4) is 5.75 Å². The highest BCUT2D eigenvalue weighted by Gasteiger charge is 2.14. The van der Waals surface area contributed by atoms with Crippen molar-refractivity contribution in [3.63, 3.8) is 0 Å². The molecule has 7 heteroatoms. The number of carbonyl (C=O) groups is 2. The number of hydrazone groups is 1. The fourth-order valence-corrected chi connectivity index (χ4v) is 2.34. The normalized spacial score (nSPS) is 10.5. The molecule has 0 fully saturated rings. The number of phenolic OH excluding ortho intramolecular Hbond substituents is 1. The summed E-state index contributed by atoms with van der Waals surface area (Å²) in [5.41, 5.74) is 4.31. The minimum atomic E-state index is -0.942. The molecule has 0 aliphatic rings. The van der Waals surface area contributed by atoms with Crippen molar-refractivity contribution in [2.24, 2.45) is 5.10 Å². The Hall–Kier alpha value is -3.12. The molecule has 0 spiro atoms. The number of hydrogen-bond donors (Lipinski definition) is 3. The Morgan fingerprint density at radius 3 is 2.69 bits per heavy atom. The molecule has 134 valence electrons. The van der Waals surface area contributed by atoms with Crippen LogP contribution in [0.5, 0.6) is 5.75 Å². The highest BCUT2D eigenvalue weighted by molar-refractivity contribution is 6.40. The van der Waals surface area contributed by atoms with Crippen LogP contribution in [0.4, 0.5) is 5.69 Å². The zero-order valence-electron chi connectivity index (χ0n) is 14.1. The van der Waals surface area contributed by atoms with Gasteiger partial charge in [-0.1, -0.05) is 35.9 Å². The van der Waals surface area contributed by atoms with Gasteiger partial charge in [0, 0.05) is 16.3 Å². The molecule has 6 nitrogen and oxygen atoms in total. The first-order valence-electron chi connectivity index (χ1n) is 7.75. The van der Waals surface area contributed by atoms with Crippen LogP contribution >= 0.6 is 11.6 Å². The maximum absolute atomic E-state index is 11.9. The second-order valence-electron chi connectivity index (χ2n) is 5.41. The van der Waals surface area contributed by atoms with Crippen LogP contribution < -0.4 is 10.7 Å². The van der Waals surface area contributed by atoms with Crippen LogP contribution in [0.3, 0.4) is 0 Å². The van der Waals surface area contributed by atoms with Crippen LogP contribution in [0, 0.1) is 6.92 Å². The SMILES string of the molecule is C=CCc1cccc(/C=N/NC(=O)C(=O)Nc2cccc(Cl)c2C)c1O. The summed E-state index contributed by atoms with van der Waals surface area (Å²) < 4.78 is 0. The number of amides is 2. The van der Waals surface area contributed by atoms with Crippen molar-refractivity contribution in [1.29, 1.82) is 0 Å². The number of halogens is 1. The van der Waals surface area contributed by atoms with Crippen LogP contribution in [0.1, 0.15) is 16.7 Å². The number of aromatic hydroxyl groups is 1. The number of anilines is 1. The van der Waals surface area contributed by atoms with Crippen molar-refractivity contribution in [2.75, 3.05) is 5.32 Å². The minimum absolute atomic E-state index is 0.0457. The molecular weight excluding hydrogens is 354 g/mol. The standard InChI is InChI=1S/C19H18ClN3O3/c1-3-6-13-7-4-8-14(17(13)24)11-21-23-19(26)18(25)22-16-10-5-9-15(20)12(16)2/h3-5,7-11,24H,1,6H2,2H3,(H,22,25)(H,23,26)/b21-11+. The average molecular weight is 372 g/mol. The molecule has 0 saturated heterocycles. The third-order valence-corrected chi connectivity index (χ3v) is 4.02. The van der Waals surface area contributed by atoms with Crippen molar-refractivity contribution in [2.45, 2.75) is 13.3 Å². The minimum Gasteiger partial charge on any atom is -0.507 e. The number of benzene rings is 2. The molecular formula is C19H18ClN3O3. The monoisotopic (exact) mass is 371 g/mol. The fraction of sp³-hybridized carbons (Fsp3) is 0.105. The van der Waals surface area contributed by atoms with E-state index in [1.54, 1.807) is 49.4 Å². The summed E-state index contributed by atoms with van der Waals surface area (Å²) in [5, 5.41) is 16.8. The summed E-state index contributed by atoms with van der Waals surface area (Å²) in [6, 6.07) is 10.1. The number of rotatable bonds is 5. The molecule has 0 unspecified atom stereocenters. The first kappa shape index (κ1) is 19.2. The predicted molar refractivity (Wildman–Crippen MR) is 103 cm³/mol. The van der Waals surface area contributed by atoms with E-state index in [1.807, 2.05) is 0 Å². The van der Waals surface area contributed by atoms with E-state index in [0.717, 1.165) is 0 Å². The lowest BCUT2D eigenvalue weighted by molar-refractivity contribution is -0.136. The van der Waals surface area contributed by atoms with Gasteiger partial charge in [0.05, 0.1) is 6.21 Å². The summed E-state index contributed by atoms with van der Waals surface area (Å²) in [5.74, 6) is -1.77. The van der Waals surface area contributed by atoms with Gasteiger partial charge in [-0.25, -0.2) is 5.43 Å². The fourth-order valence-electron chi connectivity index (χ4n) is 2.17. The van der Waals surface area contributed by atoms with Gasteiger partial charge in [0.1, 0.15) is 5.75 Å². The Balaban J connectivity index is 2.01. The smallest absolute Gasteiger partial charge is 0.329 e. The Kier molecular flexibility index (Phi) is 6.52. The van der Waals surface area contributed by atoms with E-state index in [4.69, 9.17) is 11.6 Å². The molecule has 3 N–H and O–H groups in total. The number of phenols is 1. The third kappa shape index (κ3) is 4.70. The predicted octanol–water partition coefficient (Wildman–Crippen LogP) is 3.17. The third-order valence-electron chi connectivity index (χ3n) is 3.61. The zero-order valence-corrected chi connectivity index (χ0v) is 14.9. The van der Waals surface area contributed by atoms with Crippen LogP contribution in [0.2, 0.25) is 5.02 Å². The molecule has 0 atom stereocenters. The molecule has 2 amide bonds.